The molecule has 26 heavy (non-hydrogen) atoms. The molecule has 0 saturated heterocycles. The van der Waals surface area contributed by atoms with Crippen LogP contribution in [0.25, 0.3) is 0 Å². The van der Waals surface area contributed by atoms with E-state index in [9.17, 15) is 9.59 Å². The van der Waals surface area contributed by atoms with Crippen LogP contribution in [0.15, 0.2) is 0 Å². The molecule has 0 aromatic carbocycles. The minimum Gasteiger partial charge on any atom is -0.465 e. The van der Waals surface area contributed by atoms with Crippen molar-refractivity contribution < 1.29 is 19.1 Å². The lowest BCUT2D eigenvalue weighted by molar-refractivity contribution is -0.163. The average molecular weight is 369 g/mol. The van der Waals surface area contributed by atoms with Crippen molar-refractivity contribution >= 4 is 11.9 Å². The fourth-order valence-electron chi connectivity index (χ4n) is 3.67. The molecule has 4 nitrogen and oxygen atoms in total. The van der Waals surface area contributed by atoms with Gasteiger partial charge in [0.2, 0.25) is 0 Å². The van der Waals surface area contributed by atoms with Crippen molar-refractivity contribution in [2.75, 3.05) is 13.2 Å². The summed E-state index contributed by atoms with van der Waals surface area (Å²) >= 11 is 0. The number of hydrogen-bond acceptors (Lipinski definition) is 4. The Bertz CT molecular complexity index is 380. The highest BCUT2D eigenvalue weighted by Crippen LogP contribution is 2.32. The van der Waals surface area contributed by atoms with E-state index in [1.54, 1.807) is 0 Å². The maximum absolute atomic E-state index is 12.4. The molecule has 1 aliphatic rings. The maximum Gasteiger partial charge on any atom is 0.309 e. The molecule has 1 saturated carbocycles. The summed E-state index contributed by atoms with van der Waals surface area (Å²) < 4.78 is 10.9. The summed E-state index contributed by atoms with van der Waals surface area (Å²) in [5.41, 5.74) is 0. The van der Waals surface area contributed by atoms with Gasteiger partial charge in [-0.05, 0) is 25.7 Å². The van der Waals surface area contributed by atoms with Gasteiger partial charge in [0.15, 0.2) is 0 Å². The second-order valence-electron chi connectivity index (χ2n) is 7.66. The van der Waals surface area contributed by atoms with Gasteiger partial charge in [0.25, 0.3) is 0 Å². The van der Waals surface area contributed by atoms with Gasteiger partial charge in [-0.25, -0.2) is 0 Å². The molecule has 4 heteroatoms. The van der Waals surface area contributed by atoms with Crippen LogP contribution < -0.4 is 0 Å². The first kappa shape index (κ1) is 23.0. The Morgan fingerprint density at radius 1 is 0.654 bits per heavy atom. The molecular weight excluding hydrogens is 328 g/mol. The average Bonchev–Trinajstić information content (AvgIpc) is 2.67. The van der Waals surface area contributed by atoms with Crippen LogP contribution in [0.3, 0.4) is 0 Å². The molecule has 2 unspecified atom stereocenters. The van der Waals surface area contributed by atoms with E-state index in [0.717, 1.165) is 57.8 Å². The third-order valence-corrected chi connectivity index (χ3v) is 5.36. The molecule has 0 aliphatic heterocycles. The number of ether oxygens (including phenoxy) is 2. The molecule has 2 atom stereocenters. The Kier molecular flexibility index (Phi) is 13.3. The number of esters is 2. The van der Waals surface area contributed by atoms with Gasteiger partial charge in [-0.3, -0.25) is 9.59 Å². The molecule has 0 amide bonds. The second-order valence-corrected chi connectivity index (χ2v) is 7.66. The number of hydrogen-bond donors (Lipinski definition) is 0. The predicted molar refractivity (Wildman–Crippen MR) is 105 cm³/mol. The second kappa shape index (κ2) is 15.0. The number of unbranched alkanes of at least 4 members (excludes halogenated alkanes) is 8. The zero-order chi connectivity index (χ0) is 19.0. The third-order valence-electron chi connectivity index (χ3n) is 5.36. The number of carbonyl (C=O) groups excluding carboxylic acids is 2. The van der Waals surface area contributed by atoms with Crippen LogP contribution >= 0.6 is 0 Å². The van der Waals surface area contributed by atoms with Crippen LogP contribution in [-0.4, -0.2) is 25.2 Å². The summed E-state index contributed by atoms with van der Waals surface area (Å²) in [5.74, 6) is -0.983. The predicted octanol–water partition coefficient (Wildman–Crippen LogP) is 5.82. The van der Waals surface area contributed by atoms with E-state index in [0.29, 0.717) is 13.2 Å². The van der Waals surface area contributed by atoms with Crippen LogP contribution in [-0.2, 0) is 19.1 Å². The van der Waals surface area contributed by atoms with E-state index in [-0.39, 0.29) is 23.8 Å². The van der Waals surface area contributed by atoms with Crippen LogP contribution in [0.1, 0.15) is 104 Å². The monoisotopic (exact) mass is 368 g/mol. The molecule has 1 aliphatic carbocycles. The van der Waals surface area contributed by atoms with E-state index in [2.05, 4.69) is 13.8 Å². The van der Waals surface area contributed by atoms with Crippen molar-refractivity contribution in [3.63, 3.8) is 0 Å². The molecule has 0 spiro atoms. The minimum atomic E-state index is -0.299. The Morgan fingerprint density at radius 3 is 1.54 bits per heavy atom. The summed E-state index contributed by atoms with van der Waals surface area (Å²) in [6.45, 7) is 5.31. The van der Waals surface area contributed by atoms with Crippen molar-refractivity contribution in [3.8, 4) is 0 Å². The fraction of sp³-hybridized carbons (Fsp3) is 0.909. The zero-order valence-electron chi connectivity index (χ0n) is 17.1. The lowest BCUT2D eigenvalue weighted by atomic mass is 9.79. The van der Waals surface area contributed by atoms with Gasteiger partial charge in [-0.1, -0.05) is 78.1 Å². The van der Waals surface area contributed by atoms with E-state index in [4.69, 9.17) is 9.47 Å². The van der Waals surface area contributed by atoms with E-state index in [1.807, 2.05) is 0 Å². The van der Waals surface area contributed by atoms with Gasteiger partial charge in [0.05, 0.1) is 25.0 Å². The molecule has 0 aromatic rings. The van der Waals surface area contributed by atoms with Gasteiger partial charge in [-0.2, -0.15) is 0 Å². The molecule has 0 radical (unpaired) electrons. The topological polar surface area (TPSA) is 52.6 Å². The van der Waals surface area contributed by atoms with Crippen LogP contribution in [0.4, 0.5) is 0 Å². The smallest absolute Gasteiger partial charge is 0.309 e. The Balaban J connectivity index is 2.25. The minimum absolute atomic E-state index is 0.189. The van der Waals surface area contributed by atoms with Crippen LogP contribution in [0, 0.1) is 11.8 Å². The zero-order valence-corrected chi connectivity index (χ0v) is 17.1. The normalized spacial score (nSPS) is 19.9. The van der Waals surface area contributed by atoms with Crippen molar-refractivity contribution in [2.24, 2.45) is 11.8 Å². The standard InChI is InChI=1S/C22H40O4/c1-3-5-7-8-9-10-14-18-26-22(24)20-16-12-11-15-19(20)21(23)25-17-13-6-4-2/h19-20H,3-18H2,1-2H3. The lowest BCUT2D eigenvalue weighted by Gasteiger charge is -2.28. The molecule has 0 heterocycles. The molecule has 1 fully saturated rings. The first-order valence-corrected chi connectivity index (χ1v) is 11.0. The quantitative estimate of drug-likeness (QED) is 0.286. The van der Waals surface area contributed by atoms with Crippen molar-refractivity contribution in [3.05, 3.63) is 0 Å². The highest BCUT2D eigenvalue weighted by Gasteiger charge is 2.37. The summed E-state index contributed by atoms with van der Waals surface area (Å²) in [6.07, 6.45) is 15.0. The number of rotatable bonds is 14. The molecule has 152 valence electrons. The first-order chi connectivity index (χ1) is 12.7. The van der Waals surface area contributed by atoms with Crippen molar-refractivity contribution in [1.82, 2.24) is 0 Å². The molecule has 0 N–H and O–H groups in total. The summed E-state index contributed by atoms with van der Waals surface area (Å²) in [5, 5.41) is 0. The summed E-state index contributed by atoms with van der Waals surface area (Å²) in [6, 6.07) is 0. The van der Waals surface area contributed by atoms with Gasteiger partial charge in [0, 0.05) is 0 Å². The molecule has 0 aromatic heterocycles. The number of carbonyl (C=O) groups is 2. The summed E-state index contributed by atoms with van der Waals surface area (Å²) in [7, 11) is 0. The summed E-state index contributed by atoms with van der Waals surface area (Å²) in [4.78, 5) is 24.8. The van der Waals surface area contributed by atoms with Gasteiger partial charge in [0.1, 0.15) is 0 Å². The van der Waals surface area contributed by atoms with Gasteiger partial charge < -0.3 is 9.47 Å². The van der Waals surface area contributed by atoms with Gasteiger partial charge >= 0.3 is 11.9 Å². The highest BCUT2D eigenvalue weighted by molar-refractivity contribution is 5.82. The first-order valence-electron chi connectivity index (χ1n) is 11.0. The molecular formula is C22H40O4. The van der Waals surface area contributed by atoms with Crippen LogP contribution in [0.2, 0.25) is 0 Å². The Hall–Kier alpha value is -1.06. The van der Waals surface area contributed by atoms with Gasteiger partial charge in [-0.15, -0.1) is 0 Å². The maximum atomic E-state index is 12.4. The largest absolute Gasteiger partial charge is 0.465 e. The highest BCUT2D eigenvalue weighted by atomic mass is 16.5. The van der Waals surface area contributed by atoms with Crippen molar-refractivity contribution in [2.45, 2.75) is 104 Å². The molecule has 1 rings (SSSR count). The van der Waals surface area contributed by atoms with E-state index in [1.165, 1.54) is 32.1 Å². The fourth-order valence-corrected chi connectivity index (χ4v) is 3.67. The van der Waals surface area contributed by atoms with E-state index >= 15 is 0 Å². The SMILES string of the molecule is CCCCCCCCCOC(=O)C1CCCCC1C(=O)OCCCCC. The Morgan fingerprint density at radius 2 is 1.04 bits per heavy atom. The Labute approximate surface area is 160 Å². The van der Waals surface area contributed by atoms with E-state index < -0.39 is 0 Å². The molecule has 0 bridgehead atoms. The van der Waals surface area contributed by atoms with Crippen molar-refractivity contribution in [1.29, 1.82) is 0 Å². The third kappa shape index (κ3) is 9.59. The lowest BCUT2D eigenvalue weighted by Crippen LogP contribution is -2.35. The van der Waals surface area contributed by atoms with Crippen LogP contribution in [0.5, 0.6) is 0 Å².